The molecule has 154 valence electrons. The third kappa shape index (κ3) is 5.33. The molecule has 1 aliphatic rings. The maximum absolute atomic E-state index is 12.3. The first kappa shape index (κ1) is 20.8. The van der Waals surface area contributed by atoms with E-state index in [1.54, 1.807) is 24.7 Å². The Morgan fingerprint density at radius 3 is 2.50 bits per heavy atom. The molecular weight excluding hydrogens is 374 g/mol. The van der Waals surface area contributed by atoms with E-state index >= 15 is 0 Å². The van der Waals surface area contributed by atoms with Crippen molar-refractivity contribution in [2.24, 2.45) is 7.05 Å². The summed E-state index contributed by atoms with van der Waals surface area (Å²) in [6.07, 6.45) is 3.35. The summed E-state index contributed by atoms with van der Waals surface area (Å²) in [4.78, 5) is 8.99. The Balaban J connectivity index is 1.35. The zero-order valence-electron chi connectivity index (χ0n) is 17.1. The number of nitrogens with zero attached hydrogens (tertiary/aromatic N) is 4. The average molecular weight is 406 g/mol. The number of piperazine rings is 1. The fourth-order valence-corrected chi connectivity index (χ4v) is 4.56. The first-order valence-electron chi connectivity index (χ1n) is 9.89. The van der Waals surface area contributed by atoms with Gasteiger partial charge < -0.3 is 9.47 Å². The van der Waals surface area contributed by atoms with Gasteiger partial charge in [-0.2, -0.15) is 0 Å². The van der Waals surface area contributed by atoms with Crippen LogP contribution in [0, 0.1) is 13.8 Å². The topological polar surface area (TPSA) is 70.5 Å². The lowest BCUT2D eigenvalue weighted by atomic mass is 10.2. The van der Waals surface area contributed by atoms with E-state index in [1.165, 1.54) is 11.3 Å². The highest BCUT2D eigenvalue weighted by molar-refractivity contribution is 7.89. The Bertz CT molecular complexity index is 866. The van der Waals surface area contributed by atoms with Crippen LogP contribution in [0.4, 0.5) is 5.69 Å². The number of aromatic nitrogens is 2. The van der Waals surface area contributed by atoms with Gasteiger partial charge in [0.1, 0.15) is 5.82 Å². The fourth-order valence-electron chi connectivity index (χ4n) is 3.45. The Hall–Kier alpha value is -1.90. The average Bonchev–Trinajstić information content (AvgIpc) is 3.02. The number of sulfonamides is 1. The highest BCUT2D eigenvalue weighted by Crippen LogP contribution is 2.18. The van der Waals surface area contributed by atoms with Crippen LogP contribution in [0.2, 0.25) is 0 Å². The van der Waals surface area contributed by atoms with Crippen molar-refractivity contribution in [3.63, 3.8) is 0 Å². The van der Waals surface area contributed by atoms with Crippen molar-refractivity contribution in [1.29, 1.82) is 0 Å². The molecule has 28 heavy (non-hydrogen) atoms. The summed E-state index contributed by atoms with van der Waals surface area (Å²) >= 11 is 0. The summed E-state index contributed by atoms with van der Waals surface area (Å²) in [5, 5.41) is 0.0970. The SMILES string of the molecule is Cc1cccc(N2CCN(CCCCNS(=O)(=O)c3cn(C)c(C)n3)CC2)c1. The Morgan fingerprint density at radius 1 is 1.11 bits per heavy atom. The van der Waals surface area contributed by atoms with Gasteiger partial charge in [0.25, 0.3) is 10.0 Å². The number of rotatable bonds is 8. The highest BCUT2D eigenvalue weighted by atomic mass is 32.2. The van der Waals surface area contributed by atoms with Crippen molar-refractivity contribution >= 4 is 15.7 Å². The quantitative estimate of drug-likeness (QED) is 0.680. The molecule has 1 fully saturated rings. The van der Waals surface area contributed by atoms with Crippen LogP contribution < -0.4 is 9.62 Å². The second-order valence-electron chi connectivity index (χ2n) is 7.51. The predicted octanol–water partition coefficient (Wildman–Crippen LogP) is 1.92. The molecule has 1 aliphatic heterocycles. The van der Waals surface area contributed by atoms with E-state index in [0.717, 1.165) is 45.6 Å². The van der Waals surface area contributed by atoms with Crippen molar-refractivity contribution in [2.75, 3.05) is 44.2 Å². The van der Waals surface area contributed by atoms with Gasteiger partial charge in [0.15, 0.2) is 5.03 Å². The zero-order chi connectivity index (χ0) is 20.1. The van der Waals surface area contributed by atoms with Gasteiger partial charge in [0.2, 0.25) is 0 Å². The highest BCUT2D eigenvalue weighted by Gasteiger charge is 2.19. The molecule has 0 bridgehead atoms. The number of benzene rings is 1. The standard InChI is InChI=1S/C20H31N5O2S/c1-17-7-6-8-19(15-17)25-13-11-24(12-14-25)10-5-4-9-21-28(26,27)20-16-23(3)18(2)22-20/h6-8,15-16,21H,4-5,9-14H2,1-3H3. The molecule has 0 aliphatic carbocycles. The third-order valence-corrected chi connectivity index (χ3v) is 6.63. The van der Waals surface area contributed by atoms with Gasteiger partial charge in [-0.15, -0.1) is 0 Å². The zero-order valence-corrected chi connectivity index (χ0v) is 17.9. The Morgan fingerprint density at radius 2 is 1.86 bits per heavy atom. The normalized spacial score (nSPS) is 15.9. The first-order valence-corrected chi connectivity index (χ1v) is 11.4. The molecule has 1 aromatic carbocycles. The maximum atomic E-state index is 12.3. The van der Waals surface area contributed by atoms with E-state index in [9.17, 15) is 8.42 Å². The fraction of sp³-hybridized carbons (Fsp3) is 0.550. The molecule has 1 N–H and O–H groups in total. The van der Waals surface area contributed by atoms with Crippen LogP contribution in [-0.4, -0.2) is 62.1 Å². The van der Waals surface area contributed by atoms with Crippen molar-refractivity contribution < 1.29 is 8.42 Å². The molecule has 0 unspecified atom stereocenters. The molecular formula is C20H31N5O2S. The molecule has 0 radical (unpaired) electrons. The van der Waals surface area contributed by atoms with Gasteiger partial charge in [-0.05, 0) is 50.9 Å². The number of unbranched alkanes of at least 4 members (excludes halogenated alkanes) is 1. The molecule has 0 amide bonds. The summed E-state index contributed by atoms with van der Waals surface area (Å²) in [5.41, 5.74) is 2.60. The molecule has 0 saturated carbocycles. The lowest BCUT2D eigenvalue weighted by Gasteiger charge is -2.36. The minimum atomic E-state index is -3.51. The number of aryl methyl sites for hydroxylation is 3. The number of imidazole rings is 1. The summed E-state index contributed by atoms with van der Waals surface area (Å²) < 4.78 is 28.9. The molecule has 8 heteroatoms. The first-order chi connectivity index (χ1) is 13.3. The van der Waals surface area contributed by atoms with Crippen LogP contribution in [0.25, 0.3) is 0 Å². The van der Waals surface area contributed by atoms with Gasteiger partial charge in [-0.3, -0.25) is 4.90 Å². The smallest absolute Gasteiger partial charge is 0.259 e. The third-order valence-electron chi connectivity index (χ3n) is 5.29. The summed E-state index contributed by atoms with van der Waals surface area (Å²) in [6, 6.07) is 8.66. The second-order valence-corrected chi connectivity index (χ2v) is 9.22. The number of hydrogen-bond donors (Lipinski definition) is 1. The lowest BCUT2D eigenvalue weighted by Crippen LogP contribution is -2.46. The van der Waals surface area contributed by atoms with Crippen molar-refractivity contribution in [1.82, 2.24) is 19.2 Å². The van der Waals surface area contributed by atoms with Crippen molar-refractivity contribution in [3.8, 4) is 0 Å². The van der Waals surface area contributed by atoms with Crippen LogP contribution in [0.1, 0.15) is 24.2 Å². The lowest BCUT2D eigenvalue weighted by molar-refractivity contribution is 0.253. The van der Waals surface area contributed by atoms with E-state index < -0.39 is 10.0 Å². The molecule has 2 heterocycles. The van der Waals surface area contributed by atoms with Gasteiger partial charge >= 0.3 is 0 Å². The van der Waals surface area contributed by atoms with Gasteiger partial charge in [0.05, 0.1) is 0 Å². The molecule has 7 nitrogen and oxygen atoms in total. The van der Waals surface area contributed by atoms with E-state index in [0.29, 0.717) is 12.4 Å². The summed E-state index contributed by atoms with van der Waals surface area (Å²) in [7, 11) is -1.72. The predicted molar refractivity (Wildman–Crippen MR) is 112 cm³/mol. The molecule has 2 aromatic rings. The minimum Gasteiger partial charge on any atom is -0.369 e. The molecule has 3 rings (SSSR count). The number of anilines is 1. The molecule has 0 atom stereocenters. The summed E-state index contributed by atoms with van der Waals surface area (Å²) in [5.74, 6) is 0.685. The monoisotopic (exact) mass is 405 g/mol. The Kier molecular flexibility index (Phi) is 6.74. The van der Waals surface area contributed by atoms with Crippen molar-refractivity contribution in [2.45, 2.75) is 31.7 Å². The summed E-state index contributed by atoms with van der Waals surface area (Å²) in [6.45, 7) is 9.54. The maximum Gasteiger partial charge on any atom is 0.259 e. The second kappa shape index (κ2) is 9.07. The van der Waals surface area contributed by atoms with Gasteiger partial charge in [-0.25, -0.2) is 18.1 Å². The van der Waals surface area contributed by atoms with E-state index in [4.69, 9.17) is 0 Å². The van der Waals surface area contributed by atoms with E-state index in [-0.39, 0.29) is 5.03 Å². The number of nitrogens with one attached hydrogen (secondary N) is 1. The van der Waals surface area contributed by atoms with E-state index in [2.05, 4.69) is 50.7 Å². The molecule has 1 saturated heterocycles. The minimum absolute atomic E-state index is 0.0970. The van der Waals surface area contributed by atoms with E-state index in [1.807, 2.05) is 0 Å². The van der Waals surface area contributed by atoms with Gasteiger partial charge in [0, 0.05) is 51.7 Å². The largest absolute Gasteiger partial charge is 0.369 e. The number of hydrogen-bond acceptors (Lipinski definition) is 5. The van der Waals surface area contributed by atoms with Crippen LogP contribution in [0.3, 0.4) is 0 Å². The molecule has 1 aromatic heterocycles. The van der Waals surface area contributed by atoms with Crippen LogP contribution in [0.15, 0.2) is 35.5 Å². The van der Waals surface area contributed by atoms with Crippen LogP contribution in [-0.2, 0) is 17.1 Å². The van der Waals surface area contributed by atoms with Crippen molar-refractivity contribution in [3.05, 3.63) is 41.9 Å². The van der Waals surface area contributed by atoms with Crippen LogP contribution in [0.5, 0.6) is 0 Å². The molecule has 0 spiro atoms. The van der Waals surface area contributed by atoms with Gasteiger partial charge in [-0.1, -0.05) is 12.1 Å². The van der Waals surface area contributed by atoms with Crippen LogP contribution >= 0.6 is 0 Å². The Labute approximate surface area is 168 Å².